The zero-order valence-corrected chi connectivity index (χ0v) is 8.90. The van der Waals surface area contributed by atoms with Gasteiger partial charge in [0, 0.05) is 30.5 Å². The summed E-state index contributed by atoms with van der Waals surface area (Å²) in [7, 11) is 1.59. The van der Waals surface area contributed by atoms with Crippen molar-refractivity contribution in [3.05, 3.63) is 18.2 Å². The molecule has 0 spiro atoms. The minimum absolute atomic E-state index is 0.198. The summed E-state index contributed by atoms with van der Waals surface area (Å²) in [6.45, 7) is 0.775. The molecule has 0 aliphatic rings. The highest BCUT2D eigenvalue weighted by Gasteiger charge is 1.99. The van der Waals surface area contributed by atoms with E-state index in [2.05, 4.69) is 0 Å². The van der Waals surface area contributed by atoms with Crippen LogP contribution < -0.4 is 15.2 Å². The van der Waals surface area contributed by atoms with Crippen molar-refractivity contribution in [2.24, 2.45) is 0 Å². The number of hydrogen-bond acceptors (Lipinski definition) is 4. The van der Waals surface area contributed by atoms with Crippen molar-refractivity contribution in [1.29, 1.82) is 0 Å². The average Bonchev–Trinajstić information content (AvgIpc) is 2.23. The molecule has 84 valence electrons. The summed E-state index contributed by atoms with van der Waals surface area (Å²) in [5.41, 5.74) is 6.28. The number of aliphatic hydroxyl groups excluding tert-OH is 1. The zero-order chi connectivity index (χ0) is 11.1. The molecule has 3 N–H and O–H groups in total. The van der Waals surface area contributed by atoms with Crippen LogP contribution in [0.25, 0.3) is 0 Å². The predicted molar refractivity (Wildman–Crippen MR) is 59.2 cm³/mol. The first-order valence-corrected chi connectivity index (χ1v) is 4.94. The summed E-state index contributed by atoms with van der Waals surface area (Å²) < 4.78 is 10.5. The molecule has 0 unspecified atom stereocenters. The predicted octanol–water partition coefficient (Wildman–Crippen LogP) is 1.43. The SMILES string of the molecule is COc1cc(N)cc(OCCCCO)c1. The lowest BCUT2D eigenvalue weighted by molar-refractivity contribution is 0.252. The monoisotopic (exact) mass is 211 g/mol. The molecule has 0 aliphatic heterocycles. The molecule has 0 amide bonds. The second-order valence-corrected chi connectivity index (χ2v) is 3.22. The maximum atomic E-state index is 8.59. The second-order valence-electron chi connectivity index (χ2n) is 3.22. The molecule has 1 aromatic rings. The fourth-order valence-corrected chi connectivity index (χ4v) is 1.20. The molecule has 0 radical (unpaired) electrons. The Morgan fingerprint density at radius 2 is 1.93 bits per heavy atom. The lowest BCUT2D eigenvalue weighted by Crippen LogP contribution is -1.99. The van der Waals surface area contributed by atoms with Crippen LogP contribution in [0.1, 0.15) is 12.8 Å². The van der Waals surface area contributed by atoms with E-state index < -0.39 is 0 Å². The lowest BCUT2D eigenvalue weighted by Gasteiger charge is -2.08. The summed E-state index contributed by atoms with van der Waals surface area (Å²) in [5, 5.41) is 8.59. The highest BCUT2D eigenvalue weighted by molar-refractivity contribution is 5.50. The van der Waals surface area contributed by atoms with E-state index in [9.17, 15) is 0 Å². The number of anilines is 1. The average molecular weight is 211 g/mol. The number of methoxy groups -OCH3 is 1. The number of unbranched alkanes of at least 4 members (excludes halogenated alkanes) is 1. The Hall–Kier alpha value is -1.42. The van der Waals surface area contributed by atoms with Gasteiger partial charge in [-0.2, -0.15) is 0 Å². The van der Waals surface area contributed by atoms with Gasteiger partial charge in [0.15, 0.2) is 0 Å². The number of nitrogen functional groups attached to an aromatic ring is 1. The first-order valence-electron chi connectivity index (χ1n) is 4.94. The normalized spacial score (nSPS) is 10.0. The van der Waals surface area contributed by atoms with Gasteiger partial charge in [0.1, 0.15) is 11.5 Å². The third kappa shape index (κ3) is 4.08. The first kappa shape index (κ1) is 11.7. The van der Waals surface area contributed by atoms with Gasteiger partial charge in [-0.15, -0.1) is 0 Å². The van der Waals surface area contributed by atoms with E-state index in [-0.39, 0.29) is 6.61 Å². The van der Waals surface area contributed by atoms with E-state index in [1.165, 1.54) is 0 Å². The van der Waals surface area contributed by atoms with Crippen LogP contribution in [0.3, 0.4) is 0 Å². The molecule has 0 aromatic heterocycles. The summed E-state index contributed by atoms with van der Waals surface area (Å²) in [4.78, 5) is 0. The van der Waals surface area contributed by atoms with Gasteiger partial charge in [-0.05, 0) is 12.8 Å². The number of rotatable bonds is 6. The van der Waals surface area contributed by atoms with Crippen molar-refractivity contribution < 1.29 is 14.6 Å². The van der Waals surface area contributed by atoms with Gasteiger partial charge in [0.05, 0.1) is 13.7 Å². The topological polar surface area (TPSA) is 64.7 Å². The van der Waals surface area contributed by atoms with Gasteiger partial charge in [0.25, 0.3) is 0 Å². The number of aliphatic hydroxyl groups is 1. The van der Waals surface area contributed by atoms with Crippen LogP contribution in [-0.4, -0.2) is 25.4 Å². The van der Waals surface area contributed by atoms with Gasteiger partial charge in [0.2, 0.25) is 0 Å². The van der Waals surface area contributed by atoms with E-state index in [1.807, 2.05) is 0 Å². The van der Waals surface area contributed by atoms with Crippen LogP contribution in [-0.2, 0) is 0 Å². The summed E-state index contributed by atoms with van der Waals surface area (Å²) in [6, 6.07) is 5.28. The van der Waals surface area contributed by atoms with Crippen LogP contribution in [0.5, 0.6) is 11.5 Å². The highest BCUT2D eigenvalue weighted by Crippen LogP contribution is 2.24. The second kappa shape index (κ2) is 6.14. The summed E-state index contributed by atoms with van der Waals surface area (Å²) in [5.74, 6) is 1.39. The molecule has 0 atom stereocenters. The standard InChI is InChI=1S/C11H17NO3/c1-14-10-6-9(12)7-11(8-10)15-5-3-2-4-13/h6-8,13H,2-5,12H2,1H3. The number of hydrogen-bond donors (Lipinski definition) is 2. The molecule has 0 bridgehead atoms. The first-order chi connectivity index (χ1) is 7.26. The Morgan fingerprint density at radius 3 is 2.60 bits per heavy atom. The third-order valence-corrected chi connectivity index (χ3v) is 1.96. The number of nitrogens with two attached hydrogens (primary N) is 1. The highest BCUT2D eigenvalue weighted by atomic mass is 16.5. The van der Waals surface area contributed by atoms with Gasteiger partial charge in [-0.25, -0.2) is 0 Å². The van der Waals surface area contributed by atoms with Crippen LogP contribution >= 0.6 is 0 Å². The maximum absolute atomic E-state index is 8.59. The van der Waals surface area contributed by atoms with Crippen molar-refractivity contribution >= 4 is 5.69 Å². The Morgan fingerprint density at radius 1 is 1.20 bits per heavy atom. The molecule has 4 heteroatoms. The van der Waals surface area contributed by atoms with E-state index in [1.54, 1.807) is 25.3 Å². The molecule has 15 heavy (non-hydrogen) atoms. The fraction of sp³-hybridized carbons (Fsp3) is 0.455. The van der Waals surface area contributed by atoms with E-state index >= 15 is 0 Å². The Kier molecular flexibility index (Phi) is 4.77. The van der Waals surface area contributed by atoms with Crippen molar-refractivity contribution in [1.82, 2.24) is 0 Å². The van der Waals surface area contributed by atoms with Crippen molar-refractivity contribution in [3.63, 3.8) is 0 Å². The molecule has 1 rings (SSSR count). The molecular formula is C11H17NO3. The van der Waals surface area contributed by atoms with Crippen LogP contribution in [0.15, 0.2) is 18.2 Å². The largest absolute Gasteiger partial charge is 0.497 e. The molecule has 4 nitrogen and oxygen atoms in total. The van der Waals surface area contributed by atoms with Crippen molar-refractivity contribution in [2.45, 2.75) is 12.8 Å². The van der Waals surface area contributed by atoms with Crippen molar-refractivity contribution in [3.8, 4) is 11.5 Å². The summed E-state index contributed by atoms with van der Waals surface area (Å²) in [6.07, 6.45) is 1.58. The molecular weight excluding hydrogens is 194 g/mol. The van der Waals surface area contributed by atoms with Crippen molar-refractivity contribution in [2.75, 3.05) is 26.1 Å². The van der Waals surface area contributed by atoms with Gasteiger partial charge in [-0.3, -0.25) is 0 Å². The third-order valence-electron chi connectivity index (χ3n) is 1.96. The molecule has 0 saturated heterocycles. The lowest BCUT2D eigenvalue weighted by atomic mass is 10.3. The van der Waals surface area contributed by atoms with E-state index in [0.29, 0.717) is 23.8 Å². The quantitative estimate of drug-likeness (QED) is 0.552. The Labute approximate surface area is 89.6 Å². The fourth-order valence-electron chi connectivity index (χ4n) is 1.20. The molecule has 0 saturated carbocycles. The van der Waals surface area contributed by atoms with Gasteiger partial charge < -0.3 is 20.3 Å². The van der Waals surface area contributed by atoms with E-state index in [4.69, 9.17) is 20.3 Å². The number of benzene rings is 1. The molecule has 0 heterocycles. The van der Waals surface area contributed by atoms with Crippen LogP contribution in [0.2, 0.25) is 0 Å². The molecule has 0 aliphatic carbocycles. The van der Waals surface area contributed by atoms with Crippen LogP contribution in [0.4, 0.5) is 5.69 Å². The number of ether oxygens (including phenoxy) is 2. The smallest absolute Gasteiger partial charge is 0.125 e. The Balaban J connectivity index is 2.49. The van der Waals surface area contributed by atoms with Gasteiger partial charge >= 0.3 is 0 Å². The maximum Gasteiger partial charge on any atom is 0.125 e. The van der Waals surface area contributed by atoms with Crippen LogP contribution in [0, 0.1) is 0 Å². The zero-order valence-electron chi connectivity index (χ0n) is 8.90. The molecule has 0 fully saturated rings. The molecule has 1 aromatic carbocycles. The summed E-state index contributed by atoms with van der Waals surface area (Å²) >= 11 is 0. The van der Waals surface area contributed by atoms with Gasteiger partial charge in [-0.1, -0.05) is 0 Å². The minimum Gasteiger partial charge on any atom is -0.497 e. The minimum atomic E-state index is 0.198. The van der Waals surface area contributed by atoms with E-state index in [0.717, 1.165) is 12.8 Å². The Bertz CT molecular complexity index is 302.